The smallest absolute Gasteiger partial charge is 0.204 e. The lowest BCUT2D eigenvalue weighted by Crippen LogP contribution is -2.33. The first-order valence-corrected chi connectivity index (χ1v) is 3.52. The molecule has 1 fully saturated rings. The van der Waals surface area contributed by atoms with Gasteiger partial charge in [0.05, 0.1) is 6.61 Å². The summed E-state index contributed by atoms with van der Waals surface area (Å²) in [4.78, 5) is 0. The molecule has 0 radical (unpaired) electrons. The van der Waals surface area contributed by atoms with Crippen LogP contribution in [0.1, 0.15) is 11.9 Å². The van der Waals surface area contributed by atoms with Crippen molar-refractivity contribution in [3.05, 3.63) is 5.82 Å². The van der Waals surface area contributed by atoms with Gasteiger partial charge in [0.2, 0.25) is 5.82 Å². The van der Waals surface area contributed by atoms with Crippen LogP contribution in [0.4, 0.5) is 0 Å². The van der Waals surface area contributed by atoms with Crippen molar-refractivity contribution >= 4 is 0 Å². The molecule has 0 saturated carbocycles. The summed E-state index contributed by atoms with van der Waals surface area (Å²) in [7, 11) is 0. The van der Waals surface area contributed by atoms with Crippen molar-refractivity contribution < 1.29 is 4.74 Å². The van der Waals surface area contributed by atoms with Crippen LogP contribution in [0.2, 0.25) is 0 Å². The van der Waals surface area contributed by atoms with Gasteiger partial charge in [-0.1, -0.05) is 5.21 Å². The molecule has 0 amide bonds. The van der Waals surface area contributed by atoms with Crippen LogP contribution in [0.5, 0.6) is 0 Å². The number of rotatable bonds is 1. The third-order valence-electron chi connectivity index (χ3n) is 1.58. The van der Waals surface area contributed by atoms with Crippen molar-refractivity contribution in [2.45, 2.75) is 6.10 Å². The van der Waals surface area contributed by atoms with Crippen LogP contribution in [0.15, 0.2) is 0 Å². The van der Waals surface area contributed by atoms with Gasteiger partial charge in [-0.2, -0.15) is 5.21 Å². The molecular formula is C5H9N5O. The number of H-pyrrole nitrogens is 1. The van der Waals surface area contributed by atoms with E-state index in [0.717, 1.165) is 13.1 Å². The number of morpholine rings is 1. The fourth-order valence-corrected chi connectivity index (χ4v) is 1.04. The van der Waals surface area contributed by atoms with Gasteiger partial charge in [0, 0.05) is 13.1 Å². The van der Waals surface area contributed by atoms with E-state index >= 15 is 0 Å². The molecule has 1 saturated heterocycles. The molecule has 1 aromatic rings. The topological polar surface area (TPSA) is 75.7 Å². The Kier molecular flexibility index (Phi) is 1.78. The van der Waals surface area contributed by atoms with Crippen LogP contribution >= 0.6 is 0 Å². The quantitative estimate of drug-likeness (QED) is 0.536. The molecule has 0 bridgehead atoms. The summed E-state index contributed by atoms with van der Waals surface area (Å²) in [6.07, 6.45) is -0.0394. The lowest BCUT2D eigenvalue weighted by atomic mass is 10.3. The minimum Gasteiger partial charge on any atom is -0.367 e. The Bertz CT molecular complexity index is 205. The van der Waals surface area contributed by atoms with E-state index < -0.39 is 0 Å². The third-order valence-corrected chi connectivity index (χ3v) is 1.58. The first kappa shape index (κ1) is 6.68. The Morgan fingerprint density at radius 2 is 2.55 bits per heavy atom. The molecule has 1 atom stereocenters. The molecule has 6 nitrogen and oxygen atoms in total. The van der Waals surface area contributed by atoms with Crippen molar-refractivity contribution in [1.29, 1.82) is 0 Å². The van der Waals surface area contributed by atoms with Gasteiger partial charge < -0.3 is 10.1 Å². The highest BCUT2D eigenvalue weighted by molar-refractivity contribution is 4.87. The predicted molar refractivity (Wildman–Crippen MR) is 35.7 cm³/mol. The first-order valence-electron chi connectivity index (χ1n) is 3.52. The maximum atomic E-state index is 5.37. The van der Waals surface area contributed by atoms with E-state index in [4.69, 9.17) is 4.74 Å². The Morgan fingerprint density at radius 3 is 3.18 bits per heavy atom. The summed E-state index contributed by atoms with van der Waals surface area (Å²) < 4.78 is 5.37. The number of hydrogen-bond acceptors (Lipinski definition) is 5. The highest BCUT2D eigenvalue weighted by atomic mass is 16.5. The summed E-state index contributed by atoms with van der Waals surface area (Å²) in [6, 6.07) is 0. The van der Waals surface area contributed by atoms with Crippen LogP contribution in [-0.2, 0) is 4.74 Å². The number of hydrogen-bond donors (Lipinski definition) is 2. The van der Waals surface area contributed by atoms with Crippen molar-refractivity contribution in [2.75, 3.05) is 19.7 Å². The minimum absolute atomic E-state index is 0.0394. The summed E-state index contributed by atoms with van der Waals surface area (Å²) in [6.45, 7) is 2.37. The number of tetrazole rings is 1. The third kappa shape index (κ3) is 1.36. The van der Waals surface area contributed by atoms with Gasteiger partial charge in [0.1, 0.15) is 6.10 Å². The zero-order valence-electron chi connectivity index (χ0n) is 5.95. The normalized spacial score (nSPS) is 25.3. The molecule has 2 heterocycles. The summed E-state index contributed by atoms with van der Waals surface area (Å²) in [5.74, 6) is 0.622. The van der Waals surface area contributed by atoms with Crippen LogP contribution in [-0.4, -0.2) is 40.3 Å². The SMILES string of the molecule is C1CO[C@H](c2nn[nH]n2)CN1. The Morgan fingerprint density at radius 1 is 1.55 bits per heavy atom. The van der Waals surface area contributed by atoms with Crippen LogP contribution < -0.4 is 5.32 Å². The van der Waals surface area contributed by atoms with E-state index in [1.807, 2.05) is 0 Å². The maximum absolute atomic E-state index is 5.37. The fourth-order valence-electron chi connectivity index (χ4n) is 1.04. The van der Waals surface area contributed by atoms with Crippen molar-refractivity contribution in [3.63, 3.8) is 0 Å². The average molecular weight is 155 g/mol. The number of aromatic amines is 1. The van der Waals surface area contributed by atoms with Gasteiger partial charge in [-0.25, -0.2) is 0 Å². The molecule has 2 N–H and O–H groups in total. The van der Waals surface area contributed by atoms with Gasteiger partial charge in [-0.3, -0.25) is 0 Å². The van der Waals surface area contributed by atoms with E-state index in [-0.39, 0.29) is 6.10 Å². The van der Waals surface area contributed by atoms with E-state index in [2.05, 4.69) is 25.9 Å². The highest BCUT2D eigenvalue weighted by Crippen LogP contribution is 2.11. The minimum atomic E-state index is -0.0394. The molecule has 0 aromatic carbocycles. The lowest BCUT2D eigenvalue weighted by Gasteiger charge is -2.20. The van der Waals surface area contributed by atoms with E-state index in [1.54, 1.807) is 0 Å². The monoisotopic (exact) mass is 155 g/mol. The molecular weight excluding hydrogens is 146 g/mol. The summed E-state index contributed by atoms with van der Waals surface area (Å²) in [5, 5.41) is 16.7. The van der Waals surface area contributed by atoms with E-state index in [0.29, 0.717) is 12.4 Å². The van der Waals surface area contributed by atoms with Gasteiger partial charge in [0.15, 0.2) is 0 Å². The zero-order valence-corrected chi connectivity index (χ0v) is 5.95. The number of nitrogens with zero attached hydrogens (tertiary/aromatic N) is 3. The number of aromatic nitrogens is 4. The number of nitrogens with one attached hydrogen (secondary N) is 2. The Labute approximate surface area is 63.3 Å². The Balaban J connectivity index is 2.04. The second-order valence-corrected chi connectivity index (χ2v) is 2.33. The lowest BCUT2D eigenvalue weighted by molar-refractivity contribution is 0.0221. The van der Waals surface area contributed by atoms with Crippen LogP contribution in [0, 0.1) is 0 Å². The van der Waals surface area contributed by atoms with E-state index in [1.165, 1.54) is 0 Å². The maximum Gasteiger partial charge on any atom is 0.204 e. The molecule has 0 aliphatic carbocycles. The van der Waals surface area contributed by atoms with Crippen molar-refractivity contribution in [1.82, 2.24) is 25.9 Å². The Hall–Kier alpha value is -1.01. The molecule has 2 rings (SSSR count). The predicted octanol–water partition coefficient (Wildman–Crippen LogP) is -1.14. The molecule has 1 aliphatic rings. The molecule has 1 aliphatic heterocycles. The van der Waals surface area contributed by atoms with Gasteiger partial charge >= 0.3 is 0 Å². The van der Waals surface area contributed by atoms with Crippen molar-refractivity contribution in [2.24, 2.45) is 0 Å². The second-order valence-electron chi connectivity index (χ2n) is 2.33. The van der Waals surface area contributed by atoms with Crippen LogP contribution in [0.3, 0.4) is 0 Å². The van der Waals surface area contributed by atoms with Gasteiger partial charge in [-0.15, -0.1) is 10.2 Å². The van der Waals surface area contributed by atoms with Crippen molar-refractivity contribution in [3.8, 4) is 0 Å². The highest BCUT2D eigenvalue weighted by Gasteiger charge is 2.18. The molecule has 0 unspecified atom stereocenters. The molecule has 11 heavy (non-hydrogen) atoms. The molecule has 1 aromatic heterocycles. The largest absolute Gasteiger partial charge is 0.367 e. The van der Waals surface area contributed by atoms with Gasteiger partial charge in [0.25, 0.3) is 0 Å². The van der Waals surface area contributed by atoms with Gasteiger partial charge in [-0.05, 0) is 0 Å². The second kappa shape index (κ2) is 2.93. The molecule has 6 heteroatoms. The fraction of sp³-hybridized carbons (Fsp3) is 0.800. The molecule has 0 spiro atoms. The summed E-state index contributed by atoms with van der Waals surface area (Å²) >= 11 is 0. The zero-order chi connectivity index (χ0) is 7.52. The number of ether oxygens (including phenoxy) is 1. The average Bonchev–Trinajstić information content (AvgIpc) is 2.58. The molecule has 60 valence electrons. The van der Waals surface area contributed by atoms with E-state index in [9.17, 15) is 0 Å². The first-order chi connectivity index (χ1) is 5.47. The standard InChI is InChI=1S/C5H9N5O/c1-2-11-4(3-6-1)5-7-9-10-8-5/h4,6H,1-3H2,(H,7,8,9,10)/t4-/m0/s1. The van der Waals surface area contributed by atoms with Crippen LogP contribution in [0.25, 0.3) is 0 Å². The summed E-state index contributed by atoms with van der Waals surface area (Å²) in [5.41, 5.74) is 0.